The lowest BCUT2D eigenvalue weighted by Gasteiger charge is -2.17. The molecule has 0 aliphatic carbocycles. The average Bonchev–Trinajstić information content (AvgIpc) is 3.49. The summed E-state index contributed by atoms with van der Waals surface area (Å²) in [4.78, 5) is 9.26. The summed E-state index contributed by atoms with van der Waals surface area (Å²) < 4.78 is 16.9. The molecule has 5 rings (SSSR count). The van der Waals surface area contributed by atoms with Gasteiger partial charge >= 0.3 is 0 Å². The van der Waals surface area contributed by atoms with Crippen LogP contribution in [-0.4, -0.2) is 32.1 Å². The van der Waals surface area contributed by atoms with Crippen LogP contribution in [0.1, 0.15) is 23.2 Å². The second-order valence-electron chi connectivity index (χ2n) is 7.57. The van der Waals surface area contributed by atoms with Gasteiger partial charge in [0.2, 0.25) is 12.0 Å². The lowest BCUT2D eigenvalue weighted by Crippen LogP contribution is -2.26. The molecule has 2 heterocycles. The molecule has 0 saturated heterocycles. The molecule has 5 nitrogen and oxygen atoms in total. The molecule has 0 radical (unpaired) electrons. The zero-order valence-corrected chi connectivity index (χ0v) is 18.8. The Morgan fingerprint density at radius 3 is 2.28 bits per heavy atom. The van der Waals surface area contributed by atoms with Crippen molar-refractivity contribution in [3.63, 3.8) is 0 Å². The number of methoxy groups -OCH3 is 1. The molecule has 3 aromatic carbocycles. The minimum atomic E-state index is -0.419. The van der Waals surface area contributed by atoms with E-state index in [0.717, 1.165) is 27.3 Å². The van der Waals surface area contributed by atoms with E-state index in [0.29, 0.717) is 23.3 Å². The van der Waals surface area contributed by atoms with E-state index in [1.807, 2.05) is 42.5 Å². The van der Waals surface area contributed by atoms with Crippen LogP contribution in [0.3, 0.4) is 0 Å². The van der Waals surface area contributed by atoms with Crippen molar-refractivity contribution in [1.82, 2.24) is 0 Å². The summed E-state index contributed by atoms with van der Waals surface area (Å²) in [6, 6.07) is 21.4. The van der Waals surface area contributed by atoms with Crippen molar-refractivity contribution in [3.8, 4) is 16.9 Å². The highest BCUT2D eigenvalue weighted by atomic mass is 35.5. The second kappa shape index (κ2) is 8.85. The van der Waals surface area contributed by atoms with Crippen LogP contribution >= 0.6 is 23.2 Å². The van der Waals surface area contributed by atoms with E-state index < -0.39 is 6.10 Å². The first-order chi connectivity index (χ1) is 15.6. The van der Waals surface area contributed by atoms with Gasteiger partial charge < -0.3 is 14.2 Å². The molecular formula is C25H20Cl2N2O3. The van der Waals surface area contributed by atoms with E-state index in [2.05, 4.69) is 29.3 Å². The molecule has 3 atom stereocenters. The molecule has 7 heteroatoms. The highest BCUT2D eigenvalue weighted by Gasteiger charge is 2.37. The van der Waals surface area contributed by atoms with Crippen molar-refractivity contribution in [2.75, 3.05) is 13.7 Å². The highest BCUT2D eigenvalue weighted by molar-refractivity contribution is 6.32. The predicted octanol–water partition coefficient (Wildman–Crippen LogP) is 6.31. The van der Waals surface area contributed by atoms with Crippen molar-refractivity contribution in [1.29, 1.82) is 0 Å². The minimum absolute atomic E-state index is 0.0893. The Morgan fingerprint density at radius 1 is 0.906 bits per heavy atom. The number of hydrogen-bond donors (Lipinski definition) is 0. The fourth-order valence-corrected chi connectivity index (χ4v) is 4.29. The van der Waals surface area contributed by atoms with E-state index in [-0.39, 0.29) is 12.1 Å². The summed E-state index contributed by atoms with van der Waals surface area (Å²) in [5.74, 6) is 1.16. The molecule has 3 aromatic rings. The standard InChI is InChI=1S/C25H20Cl2N2O3/c1-30-22-11-8-18(12-20(22)27)23-24(32-14-28-23)25-29-21(13-31-25)17-4-2-15(3-5-17)16-6-9-19(26)10-7-16/h2-12,14,21,23-24H,13H2,1H3. The monoisotopic (exact) mass is 466 g/mol. The van der Waals surface area contributed by atoms with Crippen LogP contribution in [-0.2, 0) is 9.47 Å². The van der Waals surface area contributed by atoms with E-state index >= 15 is 0 Å². The van der Waals surface area contributed by atoms with Gasteiger partial charge in [-0.25, -0.2) is 9.98 Å². The van der Waals surface area contributed by atoms with Gasteiger partial charge in [0.05, 0.1) is 12.1 Å². The molecule has 0 bridgehead atoms. The number of aliphatic imine (C=N–C) groups is 2. The number of nitrogens with zero attached hydrogens (tertiary/aromatic N) is 2. The zero-order valence-electron chi connectivity index (χ0n) is 17.2. The molecule has 3 unspecified atom stereocenters. The molecule has 0 spiro atoms. The van der Waals surface area contributed by atoms with Gasteiger partial charge in [-0.15, -0.1) is 0 Å². The molecule has 0 N–H and O–H groups in total. The summed E-state index contributed by atoms with van der Waals surface area (Å²) in [6.45, 7) is 0.464. The molecule has 2 aliphatic rings. The van der Waals surface area contributed by atoms with Gasteiger partial charge in [0.1, 0.15) is 24.4 Å². The largest absolute Gasteiger partial charge is 0.495 e. The van der Waals surface area contributed by atoms with E-state index in [1.54, 1.807) is 7.11 Å². The van der Waals surface area contributed by atoms with Crippen LogP contribution in [0, 0.1) is 0 Å². The smallest absolute Gasteiger partial charge is 0.229 e. The molecular weight excluding hydrogens is 447 g/mol. The predicted molar refractivity (Wildman–Crippen MR) is 127 cm³/mol. The Hall–Kier alpha value is -3.02. The summed E-state index contributed by atoms with van der Waals surface area (Å²) >= 11 is 12.3. The summed E-state index contributed by atoms with van der Waals surface area (Å²) in [6.07, 6.45) is 1.03. The normalized spacial score (nSPS) is 21.7. The van der Waals surface area contributed by atoms with Crippen molar-refractivity contribution >= 4 is 35.5 Å². The van der Waals surface area contributed by atoms with Gasteiger partial charge in [0.25, 0.3) is 0 Å². The molecule has 162 valence electrons. The molecule has 0 amide bonds. The lowest BCUT2D eigenvalue weighted by molar-refractivity contribution is 0.215. The van der Waals surface area contributed by atoms with Gasteiger partial charge in [-0.3, -0.25) is 0 Å². The quantitative estimate of drug-likeness (QED) is 0.442. The molecule has 32 heavy (non-hydrogen) atoms. The highest BCUT2D eigenvalue weighted by Crippen LogP contribution is 2.36. The van der Waals surface area contributed by atoms with Gasteiger partial charge in [0, 0.05) is 5.02 Å². The molecule has 0 aromatic heterocycles. The first kappa shape index (κ1) is 20.9. The molecule has 0 saturated carbocycles. The van der Waals surface area contributed by atoms with Crippen LogP contribution in [0.25, 0.3) is 11.1 Å². The summed E-state index contributed by atoms with van der Waals surface area (Å²) in [5, 5.41) is 1.25. The third kappa shape index (κ3) is 4.06. The van der Waals surface area contributed by atoms with Crippen LogP contribution in [0.5, 0.6) is 5.75 Å². The lowest BCUT2D eigenvalue weighted by atomic mass is 10.0. The minimum Gasteiger partial charge on any atom is -0.495 e. The first-order valence-electron chi connectivity index (χ1n) is 10.2. The van der Waals surface area contributed by atoms with Gasteiger partial charge in [-0.1, -0.05) is 65.7 Å². The van der Waals surface area contributed by atoms with Crippen molar-refractivity contribution in [2.45, 2.75) is 18.2 Å². The first-order valence-corrected chi connectivity index (χ1v) is 10.9. The van der Waals surface area contributed by atoms with E-state index in [9.17, 15) is 0 Å². The van der Waals surface area contributed by atoms with E-state index in [4.69, 9.17) is 42.4 Å². The Bertz CT molecular complexity index is 1180. The number of halogens is 2. The van der Waals surface area contributed by atoms with Crippen LogP contribution in [0.4, 0.5) is 0 Å². The summed E-state index contributed by atoms with van der Waals surface area (Å²) in [5.41, 5.74) is 4.24. The molecule has 2 aliphatic heterocycles. The van der Waals surface area contributed by atoms with Gasteiger partial charge in [0.15, 0.2) is 6.40 Å². The molecule has 0 fully saturated rings. The fourth-order valence-electron chi connectivity index (χ4n) is 3.90. The number of benzene rings is 3. The zero-order chi connectivity index (χ0) is 22.1. The van der Waals surface area contributed by atoms with Crippen molar-refractivity contribution < 1.29 is 14.2 Å². The maximum atomic E-state index is 6.30. The number of rotatable bonds is 5. The van der Waals surface area contributed by atoms with E-state index in [1.165, 1.54) is 6.40 Å². The van der Waals surface area contributed by atoms with Gasteiger partial charge in [-0.2, -0.15) is 0 Å². The maximum Gasteiger partial charge on any atom is 0.229 e. The summed E-state index contributed by atoms with van der Waals surface area (Å²) in [7, 11) is 1.59. The SMILES string of the molecule is COc1ccc(C2N=COC2C2=NC(c3ccc(-c4ccc(Cl)cc4)cc3)CO2)cc1Cl. The average molecular weight is 467 g/mol. The fraction of sp³-hybridized carbons (Fsp3) is 0.200. The Labute approximate surface area is 196 Å². The van der Waals surface area contributed by atoms with Crippen molar-refractivity contribution in [3.05, 3.63) is 87.9 Å². The third-order valence-corrected chi connectivity index (χ3v) is 6.17. The number of ether oxygens (including phenoxy) is 3. The van der Waals surface area contributed by atoms with Crippen molar-refractivity contribution in [2.24, 2.45) is 9.98 Å². The topological polar surface area (TPSA) is 52.4 Å². The Morgan fingerprint density at radius 2 is 1.59 bits per heavy atom. The van der Waals surface area contributed by atoms with Crippen LogP contribution in [0.2, 0.25) is 10.0 Å². The van der Waals surface area contributed by atoms with Crippen LogP contribution < -0.4 is 4.74 Å². The number of hydrogen-bond acceptors (Lipinski definition) is 5. The Balaban J connectivity index is 1.33. The Kier molecular flexibility index (Phi) is 5.77. The maximum absolute atomic E-state index is 6.30. The third-order valence-electron chi connectivity index (χ3n) is 5.62. The van der Waals surface area contributed by atoms with Gasteiger partial charge in [-0.05, 0) is 46.5 Å². The second-order valence-corrected chi connectivity index (χ2v) is 8.42. The van der Waals surface area contributed by atoms with Crippen LogP contribution in [0.15, 0.2) is 76.7 Å².